The molecule has 25 heavy (non-hydrogen) atoms. The molecule has 0 bridgehead atoms. The first-order chi connectivity index (χ1) is 11.8. The van der Waals surface area contributed by atoms with Gasteiger partial charge in [0.2, 0.25) is 9.84 Å². The van der Waals surface area contributed by atoms with Crippen LogP contribution in [0.1, 0.15) is 18.1 Å². The lowest BCUT2D eigenvalue weighted by atomic mass is 10.2. The van der Waals surface area contributed by atoms with Gasteiger partial charge in [0.05, 0.1) is 16.0 Å². The predicted octanol–water partition coefficient (Wildman–Crippen LogP) is 4.20. The number of hydrogen-bond donors (Lipinski definition) is 1. The molecule has 0 aliphatic carbocycles. The van der Waals surface area contributed by atoms with E-state index in [2.05, 4.69) is 15.9 Å². The van der Waals surface area contributed by atoms with E-state index in [0.717, 1.165) is 5.56 Å². The molecule has 2 aromatic carbocycles. The summed E-state index contributed by atoms with van der Waals surface area (Å²) >= 11 is 3.19. The highest BCUT2D eigenvalue weighted by Gasteiger charge is 2.21. The van der Waals surface area contributed by atoms with Crippen molar-refractivity contribution in [1.29, 1.82) is 5.26 Å². The van der Waals surface area contributed by atoms with Crippen LogP contribution in [-0.4, -0.2) is 20.1 Å². The highest BCUT2D eigenvalue weighted by atomic mass is 79.9. The molecule has 2 rings (SSSR count). The lowest BCUT2D eigenvalue weighted by Crippen LogP contribution is -2.03. The molecule has 0 aliphatic rings. The van der Waals surface area contributed by atoms with E-state index in [1.165, 1.54) is 30.3 Å². The molecule has 0 spiro atoms. The van der Waals surface area contributed by atoms with E-state index in [1.54, 1.807) is 25.1 Å². The fourth-order valence-electron chi connectivity index (χ4n) is 2.11. The zero-order valence-corrected chi connectivity index (χ0v) is 16.1. The van der Waals surface area contributed by atoms with Crippen LogP contribution < -0.4 is 4.74 Å². The average Bonchev–Trinajstić information content (AvgIpc) is 2.57. The van der Waals surface area contributed by atoms with Gasteiger partial charge in [-0.3, -0.25) is 0 Å². The van der Waals surface area contributed by atoms with Crippen LogP contribution >= 0.6 is 15.9 Å². The summed E-state index contributed by atoms with van der Waals surface area (Å²) in [5.74, 6) is 0.118. The summed E-state index contributed by atoms with van der Waals surface area (Å²) in [5, 5.41) is 19.3. The Hall–Kier alpha value is -2.30. The van der Waals surface area contributed by atoms with Gasteiger partial charge in [-0.1, -0.05) is 17.7 Å². The summed E-state index contributed by atoms with van der Waals surface area (Å²) in [4.78, 5) is -0.342. The molecule has 1 N–H and O–H groups in total. The topological polar surface area (TPSA) is 87.4 Å². The molecule has 7 heteroatoms. The molecule has 0 aromatic heterocycles. The Morgan fingerprint density at radius 1 is 1.32 bits per heavy atom. The van der Waals surface area contributed by atoms with E-state index in [0.29, 0.717) is 16.6 Å². The van der Waals surface area contributed by atoms with Crippen molar-refractivity contribution in [2.75, 3.05) is 6.61 Å². The van der Waals surface area contributed by atoms with Crippen LogP contribution in [0.25, 0.3) is 6.08 Å². The van der Waals surface area contributed by atoms with Gasteiger partial charge in [0.1, 0.15) is 11.0 Å². The van der Waals surface area contributed by atoms with Gasteiger partial charge >= 0.3 is 0 Å². The number of benzene rings is 2. The van der Waals surface area contributed by atoms with Gasteiger partial charge in [-0.25, -0.2) is 8.42 Å². The lowest BCUT2D eigenvalue weighted by Gasteiger charge is -2.09. The number of phenols is 1. The summed E-state index contributed by atoms with van der Waals surface area (Å²) in [5.41, 5.74) is 1.34. The first kappa shape index (κ1) is 19.0. The Morgan fingerprint density at radius 3 is 2.52 bits per heavy atom. The third kappa shape index (κ3) is 4.21. The number of phenolic OH excluding ortho intramolecular Hbond substituents is 1. The molecule has 0 amide bonds. The SMILES string of the molecule is CCOc1cc(/C=C(/C#N)S(=O)(=O)c2ccc(C)cc2)cc(Br)c1O. The molecule has 0 unspecified atom stereocenters. The maximum atomic E-state index is 12.7. The lowest BCUT2D eigenvalue weighted by molar-refractivity contribution is 0.317. The van der Waals surface area contributed by atoms with Gasteiger partial charge < -0.3 is 9.84 Å². The van der Waals surface area contributed by atoms with Crippen LogP contribution in [0.2, 0.25) is 0 Å². The van der Waals surface area contributed by atoms with Crippen LogP contribution in [0.4, 0.5) is 0 Å². The van der Waals surface area contributed by atoms with Crippen molar-refractivity contribution in [2.45, 2.75) is 18.7 Å². The largest absolute Gasteiger partial charge is 0.503 e. The predicted molar refractivity (Wildman–Crippen MR) is 98.9 cm³/mol. The maximum absolute atomic E-state index is 12.7. The second-order valence-corrected chi connectivity index (χ2v) is 7.99. The zero-order valence-electron chi connectivity index (χ0n) is 13.7. The van der Waals surface area contributed by atoms with Crippen molar-refractivity contribution in [3.05, 3.63) is 56.9 Å². The molecule has 5 nitrogen and oxygen atoms in total. The van der Waals surface area contributed by atoms with Crippen LogP contribution in [0.3, 0.4) is 0 Å². The van der Waals surface area contributed by atoms with E-state index >= 15 is 0 Å². The average molecular weight is 422 g/mol. The van der Waals surface area contributed by atoms with Gasteiger partial charge in [0, 0.05) is 0 Å². The van der Waals surface area contributed by atoms with Crippen molar-refractivity contribution >= 4 is 31.8 Å². The minimum atomic E-state index is -3.93. The molecule has 2 aromatic rings. The Kier molecular flexibility index (Phi) is 5.88. The van der Waals surface area contributed by atoms with Crippen LogP contribution in [-0.2, 0) is 9.84 Å². The number of nitrogens with zero attached hydrogens (tertiary/aromatic N) is 1. The summed E-state index contributed by atoms with van der Waals surface area (Å²) in [7, 11) is -3.93. The Bertz CT molecular complexity index is 958. The minimum absolute atomic E-state index is 0.0498. The summed E-state index contributed by atoms with van der Waals surface area (Å²) in [6.07, 6.45) is 1.25. The number of halogens is 1. The molecule has 0 saturated carbocycles. The molecular weight excluding hydrogens is 406 g/mol. The molecule has 0 heterocycles. The van der Waals surface area contributed by atoms with Crippen molar-refractivity contribution < 1.29 is 18.3 Å². The number of aromatic hydroxyl groups is 1. The Morgan fingerprint density at radius 2 is 1.96 bits per heavy atom. The van der Waals surface area contributed by atoms with Crippen molar-refractivity contribution in [3.8, 4) is 17.6 Å². The zero-order chi connectivity index (χ0) is 18.6. The number of ether oxygens (including phenoxy) is 1. The third-order valence-corrected chi connectivity index (χ3v) is 5.66. The summed E-state index contributed by atoms with van der Waals surface area (Å²) in [6, 6.07) is 11.0. The maximum Gasteiger partial charge on any atom is 0.216 e. The highest BCUT2D eigenvalue weighted by Crippen LogP contribution is 2.36. The van der Waals surface area contributed by atoms with Crippen molar-refractivity contribution in [3.63, 3.8) is 0 Å². The number of rotatable bonds is 5. The molecule has 0 fully saturated rings. The number of aryl methyl sites for hydroxylation is 1. The normalized spacial score (nSPS) is 11.8. The van der Waals surface area contributed by atoms with Crippen LogP contribution in [0.5, 0.6) is 11.5 Å². The smallest absolute Gasteiger partial charge is 0.216 e. The molecule has 0 aliphatic heterocycles. The molecule has 0 radical (unpaired) electrons. The molecular formula is C18H16BrNO4S. The number of hydrogen-bond acceptors (Lipinski definition) is 5. The van der Waals surface area contributed by atoms with Crippen molar-refractivity contribution in [2.24, 2.45) is 0 Å². The van der Waals surface area contributed by atoms with E-state index < -0.39 is 14.7 Å². The van der Waals surface area contributed by atoms with Gasteiger partial charge in [-0.2, -0.15) is 5.26 Å². The fourth-order valence-corrected chi connectivity index (χ4v) is 3.73. The Balaban J connectivity index is 2.54. The quantitative estimate of drug-likeness (QED) is 0.730. The first-order valence-corrected chi connectivity index (χ1v) is 9.66. The number of allylic oxidation sites excluding steroid dienone is 1. The third-order valence-electron chi connectivity index (χ3n) is 3.38. The fraction of sp³-hybridized carbons (Fsp3) is 0.167. The molecule has 130 valence electrons. The van der Waals surface area contributed by atoms with Crippen LogP contribution in [0.15, 0.2) is 50.7 Å². The molecule has 0 atom stereocenters. The van der Waals surface area contributed by atoms with E-state index in [1.807, 2.05) is 6.92 Å². The van der Waals surface area contributed by atoms with Gasteiger partial charge in [-0.05, 0) is 65.7 Å². The standard InChI is InChI=1S/C18H16BrNO4S/c1-3-24-17-10-13(9-16(19)18(17)21)8-15(11-20)25(22,23)14-6-4-12(2)5-7-14/h4-10,21H,3H2,1-2H3/b15-8-. The van der Waals surface area contributed by atoms with E-state index in [4.69, 9.17) is 4.74 Å². The first-order valence-electron chi connectivity index (χ1n) is 7.38. The second-order valence-electron chi connectivity index (χ2n) is 5.22. The van der Waals surface area contributed by atoms with E-state index in [-0.39, 0.29) is 16.4 Å². The van der Waals surface area contributed by atoms with Crippen molar-refractivity contribution in [1.82, 2.24) is 0 Å². The minimum Gasteiger partial charge on any atom is -0.503 e. The second kappa shape index (κ2) is 7.72. The van der Waals surface area contributed by atoms with Gasteiger partial charge in [-0.15, -0.1) is 0 Å². The monoisotopic (exact) mass is 421 g/mol. The molecule has 0 saturated heterocycles. The highest BCUT2D eigenvalue weighted by molar-refractivity contribution is 9.10. The summed E-state index contributed by atoms with van der Waals surface area (Å²) < 4.78 is 31.0. The van der Waals surface area contributed by atoms with Crippen LogP contribution in [0, 0.1) is 18.3 Å². The Labute approximate surface area is 155 Å². The number of sulfone groups is 1. The van der Waals surface area contributed by atoms with Gasteiger partial charge in [0.25, 0.3) is 0 Å². The van der Waals surface area contributed by atoms with E-state index in [9.17, 15) is 18.8 Å². The summed E-state index contributed by atoms with van der Waals surface area (Å²) in [6.45, 7) is 3.94. The number of nitriles is 1. The van der Waals surface area contributed by atoms with Gasteiger partial charge in [0.15, 0.2) is 11.5 Å².